The second-order valence-electron chi connectivity index (χ2n) is 6.14. The number of carbonyl (C=O) groups excluding carboxylic acids is 2. The van der Waals surface area contributed by atoms with Crippen LogP contribution >= 0.6 is 0 Å². The maximum absolute atomic E-state index is 12.1. The third-order valence-corrected chi connectivity index (χ3v) is 3.98. The monoisotopic (exact) mass is 355 g/mol. The van der Waals surface area contributed by atoms with E-state index in [9.17, 15) is 9.59 Å². The fourth-order valence-electron chi connectivity index (χ4n) is 2.55. The molecular weight excluding hydrogens is 330 g/mol. The number of urea groups is 1. The van der Waals surface area contributed by atoms with E-state index in [0.29, 0.717) is 30.0 Å². The van der Waals surface area contributed by atoms with E-state index in [2.05, 4.69) is 17.6 Å². The summed E-state index contributed by atoms with van der Waals surface area (Å²) < 4.78 is 5.60. The van der Waals surface area contributed by atoms with E-state index in [0.717, 1.165) is 23.3 Å². The number of hydrogen-bond acceptors (Lipinski definition) is 3. The summed E-state index contributed by atoms with van der Waals surface area (Å²) in [6.07, 6.45) is 0.961. The summed E-state index contributed by atoms with van der Waals surface area (Å²) in [5.41, 5.74) is 9.12. The first-order chi connectivity index (χ1) is 12.4. The van der Waals surface area contributed by atoms with Crippen LogP contribution in [0.1, 0.15) is 40.4 Å². The Morgan fingerprint density at radius 3 is 2.46 bits per heavy atom. The minimum atomic E-state index is -0.486. The van der Waals surface area contributed by atoms with Crippen molar-refractivity contribution in [3.05, 3.63) is 58.7 Å². The summed E-state index contributed by atoms with van der Waals surface area (Å²) in [6.45, 7) is 6.92. The van der Waals surface area contributed by atoms with Crippen LogP contribution in [0.4, 0.5) is 10.5 Å². The van der Waals surface area contributed by atoms with Crippen LogP contribution in [0.3, 0.4) is 0 Å². The van der Waals surface area contributed by atoms with Crippen LogP contribution in [0.2, 0.25) is 0 Å². The second kappa shape index (κ2) is 8.89. The lowest BCUT2D eigenvalue weighted by Gasteiger charge is -2.12. The molecule has 0 radical (unpaired) electrons. The van der Waals surface area contributed by atoms with Crippen LogP contribution in [0.25, 0.3) is 0 Å². The second-order valence-corrected chi connectivity index (χ2v) is 6.14. The van der Waals surface area contributed by atoms with Gasteiger partial charge in [0.1, 0.15) is 5.75 Å². The SMILES string of the molecule is CCCOc1ccc(CNC(=O)Nc2ccc(C(N)=O)c(C)c2)c(C)c1. The van der Waals surface area contributed by atoms with Crippen molar-refractivity contribution >= 4 is 17.6 Å². The van der Waals surface area contributed by atoms with Gasteiger partial charge in [0.25, 0.3) is 0 Å². The van der Waals surface area contributed by atoms with Crippen molar-refractivity contribution in [2.75, 3.05) is 11.9 Å². The average Bonchev–Trinajstić information content (AvgIpc) is 2.58. The number of amides is 3. The van der Waals surface area contributed by atoms with Crippen LogP contribution in [-0.4, -0.2) is 18.5 Å². The molecule has 0 saturated carbocycles. The topological polar surface area (TPSA) is 93.4 Å². The molecule has 0 spiro atoms. The van der Waals surface area contributed by atoms with Crippen molar-refractivity contribution in [3.63, 3.8) is 0 Å². The Kier molecular flexibility index (Phi) is 6.60. The molecule has 6 nitrogen and oxygen atoms in total. The van der Waals surface area contributed by atoms with Gasteiger partial charge in [-0.05, 0) is 67.3 Å². The highest BCUT2D eigenvalue weighted by Crippen LogP contribution is 2.18. The maximum atomic E-state index is 12.1. The Labute approximate surface area is 153 Å². The van der Waals surface area contributed by atoms with Crippen LogP contribution in [0.15, 0.2) is 36.4 Å². The lowest BCUT2D eigenvalue weighted by atomic mass is 10.1. The van der Waals surface area contributed by atoms with Gasteiger partial charge in [-0.2, -0.15) is 0 Å². The summed E-state index contributed by atoms with van der Waals surface area (Å²) in [4.78, 5) is 23.3. The number of anilines is 1. The number of nitrogens with two attached hydrogens (primary N) is 1. The summed E-state index contributed by atoms with van der Waals surface area (Å²) in [5, 5.41) is 5.58. The Hall–Kier alpha value is -3.02. The zero-order chi connectivity index (χ0) is 19.1. The molecule has 2 aromatic carbocycles. The van der Waals surface area contributed by atoms with E-state index in [1.807, 2.05) is 25.1 Å². The molecule has 0 atom stereocenters. The van der Waals surface area contributed by atoms with Gasteiger partial charge in [0, 0.05) is 17.8 Å². The van der Waals surface area contributed by atoms with Gasteiger partial charge < -0.3 is 21.1 Å². The van der Waals surface area contributed by atoms with Gasteiger partial charge in [0.2, 0.25) is 5.91 Å². The predicted octanol–water partition coefficient (Wildman–Crippen LogP) is 3.51. The number of primary amides is 1. The molecular formula is C20H25N3O3. The lowest BCUT2D eigenvalue weighted by molar-refractivity contribution is 0.0999. The first kappa shape index (κ1) is 19.3. The number of rotatable bonds is 7. The molecule has 26 heavy (non-hydrogen) atoms. The Balaban J connectivity index is 1.92. The van der Waals surface area contributed by atoms with Crippen molar-refractivity contribution in [3.8, 4) is 5.75 Å². The summed E-state index contributed by atoms with van der Waals surface area (Å²) in [5.74, 6) is 0.350. The van der Waals surface area contributed by atoms with Gasteiger partial charge in [0.15, 0.2) is 0 Å². The van der Waals surface area contributed by atoms with Crippen molar-refractivity contribution in [1.82, 2.24) is 5.32 Å². The van der Waals surface area contributed by atoms with Crippen LogP contribution in [0, 0.1) is 13.8 Å². The van der Waals surface area contributed by atoms with Gasteiger partial charge in [0.05, 0.1) is 6.61 Å². The van der Waals surface area contributed by atoms with E-state index in [-0.39, 0.29) is 6.03 Å². The zero-order valence-corrected chi connectivity index (χ0v) is 15.4. The Morgan fingerprint density at radius 2 is 1.85 bits per heavy atom. The third kappa shape index (κ3) is 5.24. The molecule has 2 rings (SSSR count). The fraction of sp³-hybridized carbons (Fsp3) is 0.300. The van der Waals surface area contributed by atoms with Crippen LogP contribution < -0.4 is 21.1 Å². The number of ether oxygens (including phenoxy) is 1. The molecule has 2 aromatic rings. The average molecular weight is 355 g/mol. The van der Waals surface area contributed by atoms with Gasteiger partial charge in [-0.3, -0.25) is 4.79 Å². The molecule has 0 saturated heterocycles. The number of aryl methyl sites for hydroxylation is 2. The molecule has 0 aromatic heterocycles. The third-order valence-electron chi connectivity index (χ3n) is 3.98. The smallest absolute Gasteiger partial charge is 0.319 e. The zero-order valence-electron chi connectivity index (χ0n) is 15.4. The number of hydrogen-bond donors (Lipinski definition) is 3. The normalized spacial score (nSPS) is 10.3. The quantitative estimate of drug-likeness (QED) is 0.709. The molecule has 0 unspecified atom stereocenters. The minimum Gasteiger partial charge on any atom is -0.494 e. The molecule has 3 amide bonds. The number of carbonyl (C=O) groups is 2. The van der Waals surface area contributed by atoms with Crippen molar-refractivity contribution in [1.29, 1.82) is 0 Å². The molecule has 6 heteroatoms. The van der Waals surface area contributed by atoms with Gasteiger partial charge >= 0.3 is 6.03 Å². The molecule has 0 heterocycles. The molecule has 138 valence electrons. The van der Waals surface area contributed by atoms with Gasteiger partial charge in [-0.15, -0.1) is 0 Å². The first-order valence-electron chi connectivity index (χ1n) is 8.58. The Morgan fingerprint density at radius 1 is 1.08 bits per heavy atom. The van der Waals surface area contributed by atoms with Crippen molar-refractivity contribution < 1.29 is 14.3 Å². The van der Waals surface area contributed by atoms with Crippen LogP contribution in [0.5, 0.6) is 5.75 Å². The summed E-state index contributed by atoms with van der Waals surface area (Å²) in [6, 6.07) is 10.5. The van der Waals surface area contributed by atoms with E-state index >= 15 is 0 Å². The van der Waals surface area contributed by atoms with Gasteiger partial charge in [-0.1, -0.05) is 13.0 Å². The van der Waals surface area contributed by atoms with Crippen LogP contribution in [-0.2, 0) is 6.54 Å². The predicted molar refractivity (Wildman–Crippen MR) is 103 cm³/mol. The molecule has 0 aliphatic heterocycles. The first-order valence-corrected chi connectivity index (χ1v) is 8.58. The highest BCUT2D eigenvalue weighted by Gasteiger charge is 2.08. The standard InChI is InChI=1S/C20H25N3O3/c1-4-9-26-17-7-5-15(13(2)11-17)12-22-20(25)23-16-6-8-18(19(21)24)14(3)10-16/h5-8,10-11H,4,9,12H2,1-3H3,(H2,21,24)(H2,22,23,25). The Bertz CT molecular complexity index is 803. The van der Waals surface area contributed by atoms with E-state index in [1.54, 1.807) is 25.1 Å². The van der Waals surface area contributed by atoms with Gasteiger partial charge in [-0.25, -0.2) is 4.79 Å². The largest absolute Gasteiger partial charge is 0.494 e. The van der Waals surface area contributed by atoms with Crippen molar-refractivity contribution in [2.24, 2.45) is 5.73 Å². The van der Waals surface area contributed by atoms with E-state index < -0.39 is 5.91 Å². The molecule has 4 N–H and O–H groups in total. The highest BCUT2D eigenvalue weighted by molar-refractivity contribution is 5.95. The van der Waals surface area contributed by atoms with Crippen molar-refractivity contribution in [2.45, 2.75) is 33.7 Å². The fourth-order valence-corrected chi connectivity index (χ4v) is 2.55. The maximum Gasteiger partial charge on any atom is 0.319 e. The molecule has 0 bridgehead atoms. The highest BCUT2D eigenvalue weighted by atomic mass is 16.5. The summed E-state index contributed by atoms with van der Waals surface area (Å²) >= 11 is 0. The van der Waals surface area contributed by atoms with E-state index in [1.165, 1.54) is 0 Å². The van der Waals surface area contributed by atoms with E-state index in [4.69, 9.17) is 10.5 Å². The number of nitrogens with one attached hydrogen (secondary N) is 2. The number of benzene rings is 2. The summed E-state index contributed by atoms with van der Waals surface area (Å²) in [7, 11) is 0. The lowest BCUT2D eigenvalue weighted by Crippen LogP contribution is -2.28. The molecule has 0 aliphatic rings. The molecule has 0 aliphatic carbocycles. The molecule has 0 fully saturated rings. The minimum absolute atomic E-state index is 0.318.